The molecule has 0 aliphatic carbocycles. The van der Waals surface area contributed by atoms with Gasteiger partial charge in [-0.25, -0.2) is 15.0 Å². The zero-order chi connectivity index (χ0) is 28.3. The molecule has 5 aromatic carbocycles. The molecule has 0 spiro atoms. The van der Waals surface area contributed by atoms with Gasteiger partial charge in [0, 0.05) is 37.9 Å². The number of benzene rings is 5. The molecule has 0 saturated carbocycles. The van der Waals surface area contributed by atoms with Crippen LogP contribution in [0.4, 0.5) is 0 Å². The molecule has 6 heteroatoms. The standard InChI is InChI=1S/C37H22N4S2/c1-3-11-23(12-4-1)35-38-36(24-13-5-2-6-14-24)40-37(39-35)25-19-21-26(22-20-25)41-29-17-9-7-15-27(29)32-31(41)34-33(43-32)28-16-8-10-18-30(28)42-34/h1-22H. The molecule has 0 saturated heterocycles. The van der Waals surface area contributed by atoms with E-state index < -0.39 is 0 Å². The van der Waals surface area contributed by atoms with Gasteiger partial charge in [0.1, 0.15) is 0 Å². The minimum atomic E-state index is 0.657. The van der Waals surface area contributed by atoms with Crippen LogP contribution in [0.5, 0.6) is 0 Å². The number of thiophene rings is 2. The third kappa shape index (κ3) is 3.91. The molecule has 4 aromatic heterocycles. The molecule has 4 nitrogen and oxygen atoms in total. The summed E-state index contributed by atoms with van der Waals surface area (Å²) in [6.07, 6.45) is 0. The monoisotopic (exact) mass is 586 g/mol. The minimum absolute atomic E-state index is 0.657. The molecular weight excluding hydrogens is 565 g/mol. The molecule has 0 bridgehead atoms. The number of nitrogens with zero attached hydrogens (tertiary/aromatic N) is 4. The van der Waals surface area contributed by atoms with Crippen LogP contribution in [0.2, 0.25) is 0 Å². The van der Waals surface area contributed by atoms with Crippen molar-refractivity contribution in [2.75, 3.05) is 0 Å². The summed E-state index contributed by atoms with van der Waals surface area (Å²) in [7, 11) is 0. The Kier molecular flexibility index (Phi) is 5.51. The van der Waals surface area contributed by atoms with Crippen LogP contribution in [0.1, 0.15) is 0 Å². The van der Waals surface area contributed by atoms with Crippen molar-refractivity contribution in [1.29, 1.82) is 0 Å². The topological polar surface area (TPSA) is 43.6 Å². The van der Waals surface area contributed by atoms with Gasteiger partial charge < -0.3 is 4.57 Å². The maximum absolute atomic E-state index is 4.92. The number of fused-ring (bicyclic) bond motifs is 7. The van der Waals surface area contributed by atoms with Crippen molar-refractivity contribution < 1.29 is 0 Å². The number of aromatic nitrogens is 4. The number of rotatable bonds is 4. The average Bonchev–Trinajstić information content (AvgIpc) is 3.73. The summed E-state index contributed by atoms with van der Waals surface area (Å²) < 4.78 is 7.80. The Morgan fingerprint density at radius 1 is 0.419 bits per heavy atom. The van der Waals surface area contributed by atoms with Gasteiger partial charge in [0.05, 0.1) is 25.1 Å². The van der Waals surface area contributed by atoms with E-state index in [4.69, 9.17) is 15.0 Å². The second-order valence-electron chi connectivity index (χ2n) is 10.5. The molecule has 4 heterocycles. The Labute approximate surface area is 255 Å². The minimum Gasteiger partial charge on any atom is -0.307 e. The van der Waals surface area contributed by atoms with Crippen molar-refractivity contribution >= 4 is 63.3 Å². The predicted molar refractivity (Wildman–Crippen MR) is 181 cm³/mol. The molecular formula is C37H22N4S2. The molecule has 0 N–H and O–H groups in total. The average molecular weight is 587 g/mol. The normalized spacial score (nSPS) is 11.7. The Morgan fingerprint density at radius 3 is 1.60 bits per heavy atom. The summed E-state index contributed by atoms with van der Waals surface area (Å²) in [5.74, 6) is 1.98. The van der Waals surface area contributed by atoms with Crippen LogP contribution >= 0.6 is 22.7 Å². The van der Waals surface area contributed by atoms with Crippen molar-refractivity contribution in [2.24, 2.45) is 0 Å². The molecule has 9 aromatic rings. The first kappa shape index (κ1) is 24.4. The van der Waals surface area contributed by atoms with Gasteiger partial charge in [-0.1, -0.05) is 97.1 Å². The summed E-state index contributed by atoms with van der Waals surface area (Å²) in [6.45, 7) is 0. The molecule has 0 radical (unpaired) electrons. The van der Waals surface area contributed by atoms with Crippen LogP contribution in [-0.2, 0) is 0 Å². The van der Waals surface area contributed by atoms with E-state index in [1.54, 1.807) is 0 Å². The van der Waals surface area contributed by atoms with E-state index in [0.29, 0.717) is 17.5 Å². The highest BCUT2D eigenvalue weighted by atomic mass is 32.1. The predicted octanol–water partition coefficient (Wildman–Crippen LogP) is 10.4. The maximum Gasteiger partial charge on any atom is 0.164 e. The fourth-order valence-corrected chi connectivity index (χ4v) is 8.64. The molecule has 0 amide bonds. The van der Waals surface area contributed by atoms with E-state index in [-0.39, 0.29) is 0 Å². The second kappa shape index (κ2) is 9.70. The van der Waals surface area contributed by atoms with E-state index in [2.05, 4.69) is 77.4 Å². The zero-order valence-electron chi connectivity index (χ0n) is 22.8. The van der Waals surface area contributed by atoms with Crippen LogP contribution in [0.3, 0.4) is 0 Å². The molecule has 0 aliphatic rings. The first-order chi connectivity index (χ1) is 21.3. The van der Waals surface area contributed by atoms with Crippen LogP contribution in [0.25, 0.3) is 80.5 Å². The molecule has 202 valence electrons. The highest BCUT2D eigenvalue weighted by Crippen LogP contribution is 2.48. The van der Waals surface area contributed by atoms with E-state index in [9.17, 15) is 0 Å². The molecule has 0 aliphatic heterocycles. The van der Waals surface area contributed by atoms with Gasteiger partial charge in [-0.05, 0) is 36.4 Å². The smallest absolute Gasteiger partial charge is 0.164 e. The Bertz CT molecular complexity index is 2380. The Hall–Kier alpha value is -5.17. The number of hydrogen-bond acceptors (Lipinski definition) is 5. The van der Waals surface area contributed by atoms with E-state index >= 15 is 0 Å². The lowest BCUT2D eigenvalue weighted by atomic mass is 10.1. The molecule has 43 heavy (non-hydrogen) atoms. The Morgan fingerprint density at radius 2 is 0.953 bits per heavy atom. The quantitative estimate of drug-likeness (QED) is 0.206. The third-order valence-corrected chi connectivity index (χ3v) is 10.4. The van der Waals surface area contributed by atoms with Crippen molar-refractivity contribution in [3.05, 3.63) is 133 Å². The zero-order valence-corrected chi connectivity index (χ0v) is 24.4. The first-order valence-corrected chi connectivity index (χ1v) is 15.8. The van der Waals surface area contributed by atoms with Gasteiger partial charge in [-0.15, -0.1) is 22.7 Å². The van der Waals surface area contributed by atoms with E-state index in [1.807, 2.05) is 83.3 Å². The number of para-hydroxylation sites is 1. The summed E-state index contributed by atoms with van der Waals surface area (Å²) in [5, 5.41) is 2.63. The van der Waals surface area contributed by atoms with Crippen molar-refractivity contribution in [2.45, 2.75) is 0 Å². The summed E-state index contributed by atoms with van der Waals surface area (Å²) in [5.41, 5.74) is 6.50. The fourth-order valence-electron chi connectivity index (χ4n) is 5.86. The van der Waals surface area contributed by atoms with Crippen LogP contribution in [-0.4, -0.2) is 19.5 Å². The number of hydrogen-bond donors (Lipinski definition) is 0. The highest BCUT2D eigenvalue weighted by molar-refractivity contribution is 7.37. The lowest BCUT2D eigenvalue weighted by molar-refractivity contribution is 1.07. The molecule has 9 rings (SSSR count). The fraction of sp³-hybridized carbons (Fsp3) is 0. The highest BCUT2D eigenvalue weighted by Gasteiger charge is 2.21. The second-order valence-corrected chi connectivity index (χ2v) is 12.5. The summed E-state index contributed by atoms with van der Waals surface area (Å²) in [4.78, 5) is 14.7. The summed E-state index contributed by atoms with van der Waals surface area (Å²) in [6, 6.07) is 46.3. The maximum atomic E-state index is 4.92. The lowest BCUT2D eigenvalue weighted by Gasteiger charge is -2.10. The lowest BCUT2D eigenvalue weighted by Crippen LogP contribution is -2.00. The Balaban J connectivity index is 1.22. The van der Waals surface area contributed by atoms with Crippen LogP contribution in [0, 0.1) is 0 Å². The van der Waals surface area contributed by atoms with Gasteiger partial charge in [-0.3, -0.25) is 0 Å². The van der Waals surface area contributed by atoms with E-state index in [1.165, 1.54) is 40.6 Å². The van der Waals surface area contributed by atoms with Gasteiger partial charge in [-0.2, -0.15) is 0 Å². The SMILES string of the molecule is c1ccc(-c2nc(-c3ccccc3)nc(-c3ccc(-n4c5ccccc5c5sc6c7ccccc7sc6c54)cc3)n2)cc1. The van der Waals surface area contributed by atoms with Gasteiger partial charge >= 0.3 is 0 Å². The molecule has 0 fully saturated rings. The van der Waals surface area contributed by atoms with Crippen LogP contribution in [0.15, 0.2) is 133 Å². The van der Waals surface area contributed by atoms with Gasteiger partial charge in [0.25, 0.3) is 0 Å². The van der Waals surface area contributed by atoms with Crippen molar-refractivity contribution in [3.8, 4) is 39.9 Å². The largest absolute Gasteiger partial charge is 0.307 e. The molecule has 0 atom stereocenters. The first-order valence-electron chi connectivity index (χ1n) is 14.1. The van der Waals surface area contributed by atoms with Gasteiger partial charge in [0.2, 0.25) is 0 Å². The van der Waals surface area contributed by atoms with Crippen molar-refractivity contribution in [1.82, 2.24) is 19.5 Å². The van der Waals surface area contributed by atoms with Crippen molar-refractivity contribution in [3.63, 3.8) is 0 Å². The third-order valence-electron chi connectivity index (χ3n) is 7.88. The van der Waals surface area contributed by atoms with E-state index in [0.717, 1.165) is 22.4 Å². The van der Waals surface area contributed by atoms with Crippen LogP contribution < -0.4 is 0 Å². The summed E-state index contributed by atoms with van der Waals surface area (Å²) >= 11 is 3.79. The van der Waals surface area contributed by atoms with Gasteiger partial charge in [0.15, 0.2) is 17.5 Å². The molecule has 0 unspecified atom stereocenters.